The average molecular weight is 281 g/mol. The van der Waals surface area contributed by atoms with Crippen molar-refractivity contribution in [3.63, 3.8) is 0 Å². The Morgan fingerprint density at radius 1 is 1.61 bits per heavy atom. The van der Waals surface area contributed by atoms with Gasteiger partial charge in [-0.3, -0.25) is 14.3 Å². The molecule has 2 rings (SSSR count). The summed E-state index contributed by atoms with van der Waals surface area (Å²) in [4.78, 5) is 24.3. The number of aromatic amines is 1. The number of ether oxygens (including phenoxy) is 1. The highest BCUT2D eigenvalue weighted by Gasteiger charge is 2.57. The molecule has 1 aromatic rings. The van der Waals surface area contributed by atoms with Gasteiger partial charge in [0.25, 0.3) is 10.7 Å². The Labute approximate surface area is 104 Å². The smallest absolute Gasteiger partial charge is 0.330 e. The maximum atomic E-state index is 14.1. The number of rotatable bonds is 2. The van der Waals surface area contributed by atoms with Crippen molar-refractivity contribution in [2.45, 2.75) is 23.6 Å². The molecule has 0 radical (unpaired) electrons. The van der Waals surface area contributed by atoms with Crippen molar-refractivity contribution < 1.29 is 19.3 Å². The third-order valence-corrected chi connectivity index (χ3v) is 3.07. The molecule has 1 unspecified atom stereocenters. The summed E-state index contributed by atoms with van der Waals surface area (Å²) in [5, 5.41) is 15.6. The lowest BCUT2D eigenvalue weighted by Crippen LogP contribution is -2.41. The van der Waals surface area contributed by atoms with Gasteiger partial charge in [0.1, 0.15) is 12.2 Å². The highest BCUT2D eigenvalue weighted by molar-refractivity contribution is 6.23. The summed E-state index contributed by atoms with van der Waals surface area (Å²) in [7, 11) is 0. The molecule has 0 spiro atoms. The van der Waals surface area contributed by atoms with E-state index in [1.54, 1.807) is 0 Å². The van der Waals surface area contributed by atoms with Gasteiger partial charge in [-0.2, -0.15) is 0 Å². The summed E-state index contributed by atoms with van der Waals surface area (Å²) in [6.45, 7) is -0.659. The van der Waals surface area contributed by atoms with Crippen molar-refractivity contribution in [1.29, 1.82) is 0 Å². The zero-order valence-corrected chi connectivity index (χ0v) is 9.67. The average Bonchev–Trinajstić information content (AvgIpc) is 2.52. The number of aromatic nitrogens is 2. The van der Waals surface area contributed by atoms with E-state index < -0.39 is 41.4 Å². The lowest BCUT2D eigenvalue weighted by Gasteiger charge is -2.22. The van der Waals surface area contributed by atoms with Gasteiger partial charge in [0.15, 0.2) is 6.23 Å². The van der Waals surface area contributed by atoms with Gasteiger partial charge in [0, 0.05) is 12.3 Å². The molecule has 0 amide bonds. The van der Waals surface area contributed by atoms with E-state index in [0.29, 0.717) is 4.57 Å². The first-order chi connectivity index (χ1) is 8.37. The molecule has 1 aliphatic heterocycles. The van der Waals surface area contributed by atoms with Crippen molar-refractivity contribution in [1.82, 2.24) is 9.55 Å². The van der Waals surface area contributed by atoms with Crippen LogP contribution in [-0.2, 0) is 4.74 Å². The monoisotopic (exact) mass is 280 g/mol. The summed E-state index contributed by atoms with van der Waals surface area (Å²) < 4.78 is 19.8. The first-order valence-corrected chi connectivity index (χ1v) is 5.39. The second-order valence-electron chi connectivity index (χ2n) is 3.85. The Bertz CT molecular complexity index is 556. The number of H-pyrrole nitrogens is 1. The van der Waals surface area contributed by atoms with E-state index in [1.165, 1.54) is 0 Å². The lowest BCUT2D eigenvalue weighted by molar-refractivity contribution is -0.0518. The molecule has 18 heavy (non-hydrogen) atoms. The molecule has 0 bridgehead atoms. The van der Waals surface area contributed by atoms with Crippen LogP contribution in [0, 0.1) is 0 Å². The molecule has 100 valence electrons. The molecule has 1 aromatic heterocycles. The Hall–Kier alpha value is -1.22. The van der Waals surface area contributed by atoms with Gasteiger partial charge in [-0.25, -0.2) is 9.18 Å². The minimum Gasteiger partial charge on any atom is -0.394 e. The summed E-state index contributed by atoms with van der Waals surface area (Å²) in [5.41, 5.74) is -1.59. The molecule has 1 saturated heterocycles. The molecule has 0 aliphatic carbocycles. The zero-order valence-electron chi connectivity index (χ0n) is 8.92. The van der Waals surface area contributed by atoms with E-state index in [9.17, 15) is 19.1 Å². The number of aliphatic hydroxyl groups excluding tert-OH is 2. The van der Waals surface area contributed by atoms with Crippen molar-refractivity contribution in [3.05, 3.63) is 33.1 Å². The van der Waals surface area contributed by atoms with Gasteiger partial charge < -0.3 is 14.9 Å². The molecule has 4 atom stereocenters. The number of halogens is 2. The first-order valence-electron chi connectivity index (χ1n) is 5.01. The fourth-order valence-corrected chi connectivity index (χ4v) is 2.03. The van der Waals surface area contributed by atoms with E-state index >= 15 is 0 Å². The van der Waals surface area contributed by atoms with E-state index in [4.69, 9.17) is 21.4 Å². The minimum atomic E-state index is -2.78. The van der Waals surface area contributed by atoms with Crippen LogP contribution in [0.25, 0.3) is 0 Å². The third-order valence-electron chi connectivity index (χ3n) is 2.66. The molecule has 0 saturated carbocycles. The fraction of sp³-hybridized carbons (Fsp3) is 0.556. The molecule has 3 N–H and O–H groups in total. The normalized spacial score (nSPS) is 35.9. The number of nitrogens with one attached hydrogen (secondary N) is 1. The highest BCUT2D eigenvalue weighted by Crippen LogP contribution is 2.43. The molecule has 0 aromatic carbocycles. The minimum absolute atomic E-state index is 0.659. The SMILES string of the molecule is O=c1ccn([C@@H]2O[C@H](CO)[C@@H](O)C2(F)Cl)c(=O)[nH]1. The van der Waals surface area contributed by atoms with Crippen LogP contribution >= 0.6 is 11.6 Å². The Morgan fingerprint density at radius 2 is 2.28 bits per heavy atom. The van der Waals surface area contributed by atoms with Crippen LogP contribution in [0.3, 0.4) is 0 Å². The summed E-state index contributed by atoms with van der Waals surface area (Å²) >= 11 is 5.50. The van der Waals surface area contributed by atoms with Gasteiger partial charge in [0.05, 0.1) is 6.61 Å². The largest absolute Gasteiger partial charge is 0.394 e. The van der Waals surface area contributed by atoms with Crippen LogP contribution in [0.5, 0.6) is 0 Å². The van der Waals surface area contributed by atoms with Crippen molar-refractivity contribution in [2.75, 3.05) is 6.61 Å². The zero-order chi connectivity index (χ0) is 13.5. The van der Waals surface area contributed by atoms with E-state index in [0.717, 1.165) is 12.3 Å². The molecular formula is C9H10ClFN2O5. The van der Waals surface area contributed by atoms with Crippen molar-refractivity contribution in [2.24, 2.45) is 0 Å². The Balaban J connectivity index is 2.45. The fourth-order valence-electron chi connectivity index (χ4n) is 1.73. The molecular weight excluding hydrogens is 271 g/mol. The Morgan fingerprint density at radius 3 is 2.78 bits per heavy atom. The van der Waals surface area contributed by atoms with Gasteiger partial charge in [-0.1, -0.05) is 11.6 Å². The predicted molar refractivity (Wildman–Crippen MR) is 58.0 cm³/mol. The maximum absolute atomic E-state index is 14.1. The first kappa shape index (κ1) is 13.2. The molecule has 1 aliphatic rings. The van der Waals surface area contributed by atoms with Crippen LogP contribution in [0.15, 0.2) is 21.9 Å². The second kappa shape index (κ2) is 4.47. The molecule has 2 heterocycles. The number of hydrogen-bond donors (Lipinski definition) is 3. The summed E-state index contributed by atoms with van der Waals surface area (Å²) in [5.74, 6) is 0. The van der Waals surface area contributed by atoms with E-state index in [2.05, 4.69) is 0 Å². The van der Waals surface area contributed by atoms with Gasteiger partial charge in [-0.05, 0) is 0 Å². The lowest BCUT2D eigenvalue weighted by atomic mass is 10.1. The molecule has 9 heteroatoms. The Kier molecular flexibility index (Phi) is 3.28. The van der Waals surface area contributed by atoms with Gasteiger partial charge >= 0.3 is 5.69 Å². The number of aliphatic hydroxyl groups is 2. The number of nitrogens with zero attached hydrogens (tertiary/aromatic N) is 1. The van der Waals surface area contributed by atoms with Gasteiger partial charge in [0.2, 0.25) is 0 Å². The summed E-state index contributed by atoms with van der Waals surface area (Å²) in [6, 6.07) is 0.983. The van der Waals surface area contributed by atoms with Crippen LogP contribution in [-0.4, -0.2) is 43.7 Å². The van der Waals surface area contributed by atoms with Crippen LogP contribution in [0.4, 0.5) is 4.39 Å². The molecule has 7 nitrogen and oxygen atoms in total. The standard InChI is InChI=1S/C9H10ClFN2O5/c10-9(11)6(16)4(3-14)18-7(9)13-2-1-5(15)12-8(13)17/h1-2,4,6-7,14,16H,3H2,(H,12,15,17)/t4-,6-,7-,9?/m1/s1. The van der Waals surface area contributed by atoms with Crippen LogP contribution in [0.2, 0.25) is 0 Å². The van der Waals surface area contributed by atoms with E-state index in [-0.39, 0.29) is 0 Å². The van der Waals surface area contributed by atoms with E-state index in [1.807, 2.05) is 4.98 Å². The predicted octanol–water partition coefficient (Wildman–Crippen LogP) is -1.31. The highest BCUT2D eigenvalue weighted by atomic mass is 35.5. The van der Waals surface area contributed by atoms with Gasteiger partial charge in [-0.15, -0.1) is 0 Å². The number of hydrogen-bond acceptors (Lipinski definition) is 5. The van der Waals surface area contributed by atoms with Crippen LogP contribution in [0.1, 0.15) is 6.23 Å². The maximum Gasteiger partial charge on any atom is 0.330 e. The van der Waals surface area contributed by atoms with Crippen LogP contribution < -0.4 is 11.2 Å². The topological polar surface area (TPSA) is 105 Å². The number of alkyl halides is 2. The second-order valence-corrected chi connectivity index (χ2v) is 4.43. The quantitative estimate of drug-likeness (QED) is 0.584. The summed E-state index contributed by atoms with van der Waals surface area (Å²) in [6.07, 6.45) is -3.70. The van der Waals surface area contributed by atoms with Crippen molar-refractivity contribution in [3.8, 4) is 0 Å². The third kappa shape index (κ3) is 1.97. The van der Waals surface area contributed by atoms with Crippen molar-refractivity contribution >= 4 is 11.6 Å². The molecule has 1 fully saturated rings.